The number of halogens is 1. The van der Waals surface area contributed by atoms with Gasteiger partial charge < -0.3 is 20.1 Å². The summed E-state index contributed by atoms with van der Waals surface area (Å²) in [6, 6.07) is 5.44. The van der Waals surface area contributed by atoms with E-state index in [1.165, 1.54) is 0 Å². The molecule has 21 heavy (non-hydrogen) atoms. The SMILES string of the molecule is CCNc1ncc(Cl)c(Nc2ccc(OC)cc2OC)n1. The Morgan fingerprint density at radius 2 is 2.05 bits per heavy atom. The molecule has 0 aliphatic rings. The van der Waals surface area contributed by atoms with E-state index in [9.17, 15) is 0 Å². The average Bonchev–Trinajstić information content (AvgIpc) is 2.51. The first-order valence-electron chi connectivity index (χ1n) is 6.43. The molecule has 0 fully saturated rings. The lowest BCUT2D eigenvalue weighted by atomic mass is 10.2. The van der Waals surface area contributed by atoms with Gasteiger partial charge in [0.25, 0.3) is 0 Å². The normalized spacial score (nSPS) is 10.1. The van der Waals surface area contributed by atoms with E-state index in [0.29, 0.717) is 28.3 Å². The predicted molar refractivity (Wildman–Crippen MR) is 84.0 cm³/mol. The number of hydrogen-bond acceptors (Lipinski definition) is 6. The third-order valence-corrected chi connectivity index (χ3v) is 3.02. The summed E-state index contributed by atoms with van der Waals surface area (Å²) in [4.78, 5) is 8.42. The Kier molecular flexibility index (Phi) is 5.05. The van der Waals surface area contributed by atoms with E-state index >= 15 is 0 Å². The minimum absolute atomic E-state index is 0.425. The van der Waals surface area contributed by atoms with E-state index in [4.69, 9.17) is 21.1 Å². The van der Waals surface area contributed by atoms with Crippen LogP contribution in [0.2, 0.25) is 5.02 Å². The van der Waals surface area contributed by atoms with Crippen molar-refractivity contribution < 1.29 is 9.47 Å². The van der Waals surface area contributed by atoms with Crippen LogP contribution in [0.25, 0.3) is 0 Å². The first-order chi connectivity index (χ1) is 10.2. The highest BCUT2D eigenvalue weighted by atomic mass is 35.5. The van der Waals surface area contributed by atoms with E-state index in [-0.39, 0.29) is 0 Å². The molecular weight excluding hydrogens is 292 g/mol. The molecule has 2 aromatic rings. The van der Waals surface area contributed by atoms with Crippen LogP contribution in [0.3, 0.4) is 0 Å². The molecule has 1 heterocycles. The Bertz CT molecular complexity index is 622. The fourth-order valence-electron chi connectivity index (χ4n) is 1.73. The van der Waals surface area contributed by atoms with E-state index < -0.39 is 0 Å². The van der Waals surface area contributed by atoms with Gasteiger partial charge in [-0.25, -0.2) is 4.98 Å². The van der Waals surface area contributed by atoms with Crippen LogP contribution >= 0.6 is 11.6 Å². The van der Waals surface area contributed by atoms with Crippen LogP contribution in [0.5, 0.6) is 11.5 Å². The molecule has 0 amide bonds. The van der Waals surface area contributed by atoms with Crippen molar-refractivity contribution in [1.82, 2.24) is 9.97 Å². The maximum atomic E-state index is 6.12. The highest BCUT2D eigenvalue weighted by molar-refractivity contribution is 6.32. The summed E-state index contributed by atoms with van der Waals surface area (Å²) in [7, 11) is 3.19. The van der Waals surface area contributed by atoms with Crippen molar-refractivity contribution in [3.8, 4) is 11.5 Å². The van der Waals surface area contributed by atoms with Crippen molar-refractivity contribution in [2.75, 3.05) is 31.4 Å². The molecule has 112 valence electrons. The summed E-state index contributed by atoms with van der Waals surface area (Å²) in [6.07, 6.45) is 1.55. The Labute approximate surface area is 128 Å². The quantitative estimate of drug-likeness (QED) is 0.853. The van der Waals surface area contributed by atoms with Gasteiger partial charge >= 0.3 is 0 Å². The monoisotopic (exact) mass is 308 g/mol. The lowest BCUT2D eigenvalue weighted by Crippen LogP contribution is -2.05. The lowest BCUT2D eigenvalue weighted by molar-refractivity contribution is 0.395. The smallest absolute Gasteiger partial charge is 0.224 e. The molecule has 0 bridgehead atoms. The Hall–Kier alpha value is -2.21. The number of anilines is 3. The summed E-state index contributed by atoms with van der Waals surface area (Å²) in [5.74, 6) is 2.36. The number of benzene rings is 1. The Morgan fingerprint density at radius 1 is 1.24 bits per heavy atom. The molecule has 0 saturated heterocycles. The molecule has 2 rings (SSSR count). The van der Waals surface area contributed by atoms with Crippen LogP contribution in [-0.4, -0.2) is 30.7 Å². The van der Waals surface area contributed by atoms with Gasteiger partial charge in [-0.1, -0.05) is 11.6 Å². The second-order valence-corrected chi connectivity index (χ2v) is 4.52. The van der Waals surface area contributed by atoms with E-state index in [0.717, 1.165) is 12.2 Å². The predicted octanol–water partition coefficient (Wildman–Crippen LogP) is 3.32. The molecule has 0 atom stereocenters. The number of hydrogen-bond donors (Lipinski definition) is 2. The fourth-order valence-corrected chi connectivity index (χ4v) is 1.87. The molecule has 2 N–H and O–H groups in total. The minimum Gasteiger partial charge on any atom is -0.497 e. The van der Waals surface area contributed by atoms with Crippen LogP contribution < -0.4 is 20.1 Å². The number of nitrogens with one attached hydrogen (secondary N) is 2. The largest absolute Gasteiger partial charge is 0.497 e. The molecule has 0 saturated carbocycles. The van der Waals surface area contributed by atoms with Gasteiger partial charge in [0.05, 0.1) is 26.1 Å². The van der Waals surface area contributed by atoms with Crippen molar-refractivity contribution in [3.05, 3.63) is 29.4 Å². The maximum absolute atomic E-state index is 6.12. The standard InChI is InChI=1S/C14H17ClN4O2/c1-4-16-14-17-8-10(15)13(19-14)18-11-6-5-9(20-2)7-12(11)21-3/h5-8H,4H2,1-3H3,(H2,16,17,18,19). The third-order valence-electron chi connectivity index (χ3n) is 2.74. The molecule has 1 aromatic carbocycles. The van der Waals surface area contributed by atoms with E-state index in [2.05, 4.69) is 20.6 Å². The first kappa shape index (κ1) is 15.2. The van der Waals surface area contributed by atoms with Gasteiger partial charge in [-0.15, -0.1) is 0 Å². The molecule has 1 aromatic heterocycles. The minimum atomic E-state index is 0.425. The summed E-state index contributed by atoms with van der Waals surface area (Å²) in [6.45, 7) is 2.70. The van der Waals surface area contributed by atoms with Crippen molar-refractivity contribution in [1.29, 1.82) is 0 Å². The zero-order chi connectivity index (χ0) is 15.2. The molecule has 0 aliphatic carbocycles. The van der Waals surface area contributed by atoms with Gasteiger partial charge in [0.1, 0.15) is 16.5 Å². The van der Waals surface area contributed by atoms with Gasteiger partial charge in [0.2, 0.25) is 5.95 Å². The second-order valence-electron chi connectivity index (χ2n) is 4.11. The zero-order valence-electron chi connectivity index (χ0n) is 12.1. The summed E-state index contributed by atoms with van der Waals surface area (Å²) >= 11 is 6.12. The zero-order valence-corrected chi connectivity index (χ0v) is 12.9. The Morgan fingerprint density at radius 3 is 2.71 bits per heavy atom. The van der Waals surface area contributed by atoms with E-state index in [1.54, 1.807) is 26.5 Å². The molecule has 7 heteroatoms. The topological polar surface area (TPSA) is 68.3 Å². The maximum Gasteiger partial charge on any atom is 0.224 e. The summed E-state index contributed by atoms with van der Waals surface area (Å²) in [5.41, 5.74) is 0.737. The first-order valence-corrected chi connectivity index (χ1v) is 6.81. The van der Waals surface area contributed by atoms with Crippen LogP contribution in [0.15, 0.2) is 24.4 Å². The van der Waals surface area contributed by atoms with Crippen LogP contribution in [0.1, 0.15) is 6.92 Å². The molecule has 0 spiro atoms. The highest BCUT2D eigenvalue weighted by Gasteiger charge is 2.10. The van der Waals surface area contributed by atoms with Crippen molar-refractivity contribution >= 4 is 29.1 Å². The molecule has 6 nitrogen and oxygen atoms in total. The van der Waals surface area contributed by atoms with Gasteiger partial charge in [-0.2, -0.15) is 4.98 Å². The number of rotatable bonds is 6. The molecule has 0 unspecified atom stereocenters. The van der Waals surface area contributed by atoms with Gasteiger partial charge in [0, 0.05) is 12.6 Å². The number of methoxy groups -OCH3 is 2. The Balaban J connectivity index is 2.31. The van der Waals surface area contributed by atoms with Crippen LogP contribution in [-0.2, 0) is 0 Å². The fraction of sp³-hybridized carbons (Fsp3) is 0.286. The summed E-state index contributed by atoms with van der Waals surface area (Å²) < 4.78 is 10.5. The van der Waals surface area contributed by atoms with Crippen LogP contribution in [0, 0.1) is 0 Å². The van der Waals surface area contributed by atoms with Crippen LogP contribution in [0.4, 0.5) is 17.5 Å². The van der Waals surface area contributed by atoms with E-state index in [1.807, 2.05) is 19.1 Å². The van der Waals surface area contributed by atoms with Crippen molar-refractivity contribution in [2.24, 2.45) is 0 Å². The van der Waals surface area contributed by atoms with Gasteiger partial charge in [-0.3, -0.25) is 0 Å². The molecule has 0 radical (unpaired) electrons. The number of aromatic nitrogens is 2. The lowest BCUT2D eigenvalue weighted by Gasteiger charge is -2.13. The number of ether oxygens (including phenoxy) is 2. The molecular formula is C14H17ClN4O2. The second kappa shape index (κ2) is 6.99. The average molecular weight is 309 g/mol. The highest BCUT2D eigenvalue weighted by Crippen LogP contribution is 2.33. The molecule has 0 aliphatic heterocycles. The van der Waals surface area contributed by atoms with Crippen molar-refractivity contribution in [2.45, 2.75) is 6.92 Å². The van der Waals surface area contributed by atoms with Gasteiger partial charge in [-0.05, 0) is 19.1 Å². The third kappa shape index (κ3) is 3.66. The van der Waals surface area contributed by atoms with Crippen molar-refractivity contribution in [3.63, 3.8) is 0 Å². The van der Waals surface area contributed by atoms with Gasteiger partial charge in [0.15, 0.2) is 5.82 Å². The number of nitrogens with zero attached hydrogens (tertiary/aromatic N) is 2. The summed E-state index contributed by atoms with van der Waals surface area (Å²) in [5, 5.41) is 6.60.